The highest BCUT2D eigenvalue weighted by molar-refractivity contribution is 5.92. The van der Waals surface area contributed by atoms with Crippen LogP contribution in [0, 0.1) is 11.6 Å². The third kappa shape index (κ3) is 5.24. The largest absolute Gasteiger partial charge is 0.351 e. The van der Waals surface area contributed by atoms with Crippen molar-refractivity contribution in [2.24, 2.45) is 0 Å². The first-order valence-electron chi connectivity index (χ1n) is 7.44. The third-order valence-corrected chi connectivity index (χ3v) is 3.16. The highest BCUT2D eigenvalue weighted by Gasteiger charge is 2.09. The number of carbonyl (C=O) groups is 1. The van der Waals surface area contributed by atoms with Crippen molar-refractivity contribution in [1.82, 2.24) is 20.4 Å². The van der Waals surface area contributed by atoms with Crippen LogP contribution in [-0.2, 0) is 0 Å². The normalized spacial score (nSPS) is 10.7. The van der Waals surface area contributed by atoms with Crippen LogP contribution in [0.3, 0.4) is 0 Å². The van der Waals surface area contributed by atoms with Gasteiger partial charge in [0.25, 0.3) is 5.91 Å². The molecule has 0 fully saturated rings. The minimum atomic E-state index is -0.737. The second-order valence-electron chi connectivity index (χ2n) is 5.47. The molecule has 0 atom stereocenters. The molecule has 2 N–H and O–H groups in total. The number of amides is 1. The van der Waals surface area contributed by atoms with Gasteiger partial charge in [0.2, 0.25) is 0 Å². The fraction of sp³-hybridized carbons (Fsp3) is 0.312. The molecule has 2 rings (SSSR count). The molecule has 1 aromatic heterocycles. The molecule has 0 saturated heterocycles. The van der Waals surface area contributed by atoms with E-state index < -0.39 is 11.6 Å². The Bertz CT molecular complexity index is 691. The van der Waals surface area contributed by atoms with Crippen molar-refractivity contribution in [3.05, 3.63) is 47.7 Å². The van der Waals surface area contributed by atoms with E-state index in [1.165, 1.54) is 18.2 Å². The van der Waals surface area contributed by atoms with E-state index in [1.807, 2.05) is 19.0 Å². The van der Waals surface area contributed by atoms with Gasteiger partial charge in [-0.05, 0) is 51.3 Å². The van der Waals surface area contributed by atoms with E-state index in [1.54, 1.807) is 0 Å². The Hall–Kier alpha value is -2.61. The van der Waals surface area contributed by atoms with Gasteiger partial charge in [0, 0.05) is 12.6 Å². The monoisotopic (exact) mass is 335 g/mol. The van der Waals surface area contributed by atoms with Crippen molar-refractivity contribution in [3.63, 3.8) is 0 Å². The Morgan fingerprint density at radius 2 is 1.96 bits per heavy atom. The zero-order chi connectivity index (χ0) is 17.5. The number of benzene rings is 1. The first-order valence-corrected chi connectivity index (χ1v) is 7.44. The minimum absolute atomic E-state index is 0.0755. The average molecular weight is 335 g/mol. The lowest BCUT2D eigenvalue weighted by atomic mass is 10.3. The Labute approximate surface area is 138 Å². The number of nitrogens with one attached hydrogen (secondary N) is 2. The van der Waals surface area contributed by atoms with Crippen molar-refractivity contribution in [2.45, 2.75) is 6.42 Å². The van der Waals surface area contributed by atoms with Crippen LogP contribution in [0.1, 0.15) is 16.9 Å². The fourth-order valence-corrected chi connectivity index (χ4v) is 1.94. The Morgan fingerprint density at radius 3 is 2.58 bits per heavy atom. The summed E-state index contributed by atoms with van der Waals surface area (Å²) in [6.45, 7) is 1.41. The van der Waals surface area contributed by atoms with Crippen molar-refractivity contribution in [2.75, 3.05) is 32.5 Å². The summed E-state index contributed by atoms with van der Waals surface area (Å²) in [5.74, 6) is -1.46. The van der Waals surface area contributed by atoms with Gasteiger partial charge in [-0.2, -0.15) is 0 Å². The number of aromatic nitrogens is 2. The van der Waals surface area contributed by atoms with Crippen LogP contribution in [0.5, 0.6) is 0 Å². The molecule has 1 aromatic carbocycles. The number of hydrogen-bond acceptors (Lipinski definition) is 5. The van der Waals surface area contributed by atoms with Crippen molar-refractivity contribution >= 4 is 17.4 Å². The topological polar surface area (TPSA) is 70.2 Å². The summed E-state index contributed by atoms with van der Waals surface area (Å²) in [4.78, 5) is 13.9. The molecule has 0 aliphatic rings. The standard InChI is InChI=1S/C16H19F2N5O/c1-23(2)9-3-8-19-16(24)14-6-7-15(22-21-14)20-13-5-4-11(17)10-12(13)18/h4-7,10H,3,8-9H2,1-2H3,(H,19,24)(H,20,22). The quantitative estimate of drug-likeness (QED) is 0.759. The number of anilines is 2. The molecule has 128 valence electrons. The summed E-state index contributed by atoms with van der Waals surface area (Å²) in [6, 6.07) is 6.15. The van der Waals surface area contributed by atoms with Gasteiger partial charge in [-0.25, -0.2) is 8.78 Å². The molecule has 24 heavy (non-hydrogen) atoms. The van der Waals surface area contributed by atoms with Gasteiger partial charge < -0.3 is 15.5 Å². The molecule has 1 amide bonds. The predicted octanol–water partition coefficient (Wildman–Crippen LogP) is 2.18. The number of halogens is 2. The van der Waals surface area contributed by atoms with E-state index in [0.717, 1.165) is 25.1 Å². The number of rotatable bonds is 7. The maximum absolute atomic E-state index is 13.6. The van der Waals surface area contributed by atoms with Gasteiger partial charge in [0.1, 0.15) is 11.6 Å². The predicted molar refractivity (Wildman–Crippen MR) is 87.2 cm³/mol. The lowest BCUT2D eigenvalue weighted by Gasteiger charge is -2.10. The van der Waals surface area contributed by atoms with Crippen LogP contribution in [0.25, 0.3) is 0 Å². The molecule has 2 aromatic rings. The van der Waals surface area contributed by atoms with E-state index in [9.17, 15) is 13.6 Å². The molecule has 0 aliphatic heterocycles. The van der Waals surface area contributed by atoms with Crippen molar-refractivity contribution < 1.29 is 13.6 Å². The van der Waals surface area contributed by atoms with Crippen LogP contribution in [-0.4, -0.2) is 48.2 Å². The summed E-state index contributed by atoms with van der Waals surface area (Å²) >= 11 is 0. The molecule has 0 unspecified atom stereocenters. The van der Waals surface area contributed by atoms with Gasteiger partial charge in [-0.1, -0.05) is 0 Å². The summed E-state index contributed by atoms with van der Waals surface area (Å²) < 4.78 is 26.4. The summed E-state index contributed by atoms with van der Waals surface area (Å²) in [7, 11) is 3.92. The van der Waals surface area contributed by atoms with Gasteiger partial charge >= 0.3 is 0 Å². The first-order chi connectivity index (χ1) is 11.5. The first kappa shape index (κ1) is 17.7. The van der Waals surface area contributed by atoms with Gasteiger partial charge in [-0.3, -0.25) is 4.79 Å². The Morgan fingerprint density at radius 1 is 1.17 bits per heavy atom. The maximum atomic E-state index is 13.6. The van der Waals surface area contributed by atoms with Gasteiger partial charge in [0.15, 0.2) is 11.5 Å². The van der Waals surface area contributed by atoms with Crippen molar-refractivity contribution in [1.29, 1.82) is 0 Å². The maximum Gasteiger partial charge on any atom is 0.271 e. The van der Waals surface area contributed by atoms with E-state index in [4.69, 9.17) is 0 Å². The van der Waals surface area contributed by atoms with Crippen LogP contribution in [0.4, 0.5) is 20.3 Å². The minimum Gasteiger partial charge on any atom is -0.351 e. The number of nitrogens with zero attached hydrogens (tertiary/aromatic N) is 3. The zero-order valence-corrected chi connectivity index (χ0v) is 13.5. The summed E-state index contributed by atoms with van der Waals surface area (Å²) in [5, 5.41) is 13.1. The van der Waals surface area contributed by atoms with Crippen LogP contribution in [0.15, 0.2) is 30.3 Å². The van der Waals surface area contributed by atoms with E-state index in [2.05, 4.69) is 20.8 Å². The zero-order valence-electron chi connectivity index (χ0n) is 13.5. The Kier molecular flexibility index (Phi) is 6.14. The van der Waals surface area contributed by atoms with Crippen molar-refractivity contribution in [3.8, 4) is 0 Å². The molecule has 0 aliphatic carbocycles. The molecule has 1 heterocycles. The third-order valence-electron chi connectivity index (χ3n) is 3.16. The van der Waals surface area contributed by atoms with Crippen LogP contribution < -0.4 is 10.6 Å². The van der Waals surface area contributed by atoms with E-state index in [0.29, 0.717) is 6.54 Å². The fourth-order valence-electron chi connectivity index (χ4n) is 1.94. The highest BCUT2D eigenvalue weighted by Crippen LogP contribution is 2.18. The number of hydrogen-bond donors (Lipinski definition) is 2. The van der Waals surface area contributed by atoms with Gasteiger partial charge in [-0.15, -0.1) is 10.2 Å². The van der Waals surface area contributed by atoms with E-state index in [-0.39, 0.29) is 23.1 Å². The number of carbonyl (C=O) groups excluding carboxylic acids is 1. The Balaban J connectivity index is 1.91. The van der Waals surface area contributed by atoms with E-state index >= 15 is 0 Å². The second kappa shape index (κ2) is 8.30. The molecule has 0 spiro atoms. The molecule has 0 radical (unpaired) electrons. The summed E-state index contributed by atoms with van der Waals surface area (Å²) in [5.41, 5.74) is 0.247. The smallest absolute Gasteiger partial charge is 0.271 e. The van der Waals surface area contributed by atoms with Crippen LogP contribution in [0.2, 0.25) is 0 Å². The lowest BCUT2D eigenvalue weighted by Crippen LogP contribution is -2.28. The summed E-state index contributed by atoms with van der Waals surface area (Å²) in [6.07, 6.45) is 0.829. The highest BCUT2D eigenvalue weighted by atomic mass is 19.1. The second-order valence-corrected chi connectivity index (χ2v) is 5.47. The molecule has 6 nitrogen and oxygen atoms in total. The van der Waals surface area contributed by atoms with Gasteiger partial charge in [0.05, 0.1) is 5.69 Å². The molecule has 0 saturated carbocycles. The average Bonchev–Trinajstić information content (AvgIpc) is 2.54. The molecule has 8 heteroatoms. The SMILES string of the molecule is CN(C)CCCNC(=O)c1ccc(Nc2ccc(F)cc2F)nn1. The lowest BCUT2D eigenvalue weighted by molar-refractivity contribution is 0.0946. The molecule has 0 bridgehead atoms. The van der Waals surface area contributed by atoms with Crippen LogP contribution >= 0.6 is 0 Å². The molecular weight excluding hydrogens is 316 g/mol. The molecular formula is C16H19F2N5O.